The average Bonchev–Trinajstić information content (AvgIpc) is 2.54. The maximum absolute atomic E-state index is 5.45. The van der Waals surface area contributed by atoms with Gasteiger partial charge in [0.2, 0.25) is 0 Å². The van der Waals surface area contributed by atoms with Gasteiger partial charge in [-0.3, -0.25) is 0 Å². The molecule has 0 aliphatic carbocycles. The third kappa shape index (κ3) is 10.7. The van der Waals surface area contributed by atoms with Crippen molar-refractivity contribution in [1.29, 1.82) is 0 Å². The predicted molar refractivity (Wildman–Crippen MR) is 96.3 cm³/mol. The van der Waals surface area contributed by atoms with Crippen LogP contribution in [-0.2, 0) is 13.3 Å². The number of nitrogens with zero attached hydrogens (tertiary/aromatic N) is 1. The van der Waals surface area contributed by atoms with Crippen LogP contribution >= 0.6 is 0 Å². The Hall–Kier alpha value is 0.0569. The van der Waals surface area contributed by atoms with Crippen LogP contribution in [0.25, 0.3) is 0 Å². The lowest BCUT2D eigenvalue weighted by Crippen LogP contribution is -2.43. The van der Waals surface area contributed by atoms with Crippen LogP contribution in [0.4, 0.5) is 0 Å². The summed E-state index contributed by atoms with van der Waals surface area (Å²) in [7, 11) is 4.89. The van der Waals surface area contributed by atoms with Gasteiger partial charge in [0, 0.05) is 27.4 Å². The van der Waals surface area contributed by atoms with E-state index in [9.17, 15) is 0 Å². The summed E-state index contributed by atoms with van der Waals surface area (Å²) in [6, 6.07) is 0.887. The van der Waals surface area contributed by atoms with Crippen molar-refractivity contribution in [3.05, 3.63) is 0 Å². The number of hydrogen-bond donors (Lipinski definition) is 0. The van der Waals surface area contributed by atoms with Crippen LogP contribution < -0.4 is 0 Å². The minimum Gasteiger partial charge on any atom is -0.377 e. The Labute approximate surface area is 139 Å². The average molecular weight is 334 g/mol. The van der Waals surface area contributed by atoms with Crippen molar-refractivity contribution in [3.63, 3.8) is 0 Å². The van der Waals surface area contributed by atoms with Crippen molar-refractivity contribution in [2.45, 2.75) is 70.8 Å². The predicted octanol–water partition coefficient (Wildman–Crippen LogP) is 4.33. The summed E-state index contributed by atoms with van der Waals surface area (Å²) in [6.07, 6.45) is 12.1. The quantitative estimate of drug-likeness (QED) is 0.311. The van der Waals surface area contributed by atoms with E-state index in [0.29, 0.717) is 0 Å². The molecule has 0 heterocycles. The van der Waals surface area contributed by atoms with E-state index in [1.807, 2.05) is 0 Å². The van der Waals surface area contributed by atoms with Crippen LogP contribution in [0.5, 0.6) is 0 Å². The topological polar surface area (TPSA) is 30.9 Å². The molecule has 0 aromatic rings. The van der Waals surface area contributed by atoms with Gasteiger partial charge in [0.1, 0.15) is 0 Å². The lowest BCUT2D eigenvalue weighted by atomic mass is 10.1. The van der Waals surface area contributed by atoms with Crippen molar-refractivity contribution in [1.82, 2.24) is 4.90 Å². The molecule has 0 amide bonds. The van der Waals surface area contributed by atoms with Gasteiger partial charge in [0.25, 0.3) is 0 Å². The molecule has 0 rings (SSSR count). The molecule has 0 N–H and O–H groups in total. The van der Waals surface area contributed by atoms with Crippen LogP contribution in [0.15, 0.2) is 0 Å². The molecule has 4 nitrogen and oxygen atoms in total. The zero-order valence-corrected chi connectivity index (χ0v) is 16.7. The Morgan fingerprint density at radius 2 is 1.14 bits per heavy atom. The lowest BCUT2D eigenvalue weighted by Gasteiger charge is -2.25. The SMILES string of the molecule is CCCCCCCCCCN(C)CCC[Si](OC)(OC)OC. The normalized spacial score (nSPS) is 12.3. The van der Waals surface area contributed by atoms with Crippen LogP contribution in [0.3, 0.4) is 0 Å². The summed E-state index contributed by atoms with van der Waals surface area (Å²) in [5, 5.41) is 0. The zero-order chi connectivity index (χ0) is 16.7. The second-order valence-electron chi connectivity index (χ2n) is 6.18. The number of hydrogen-bond acceptors (Lipinski definition) is 4. The Kier molecular flexibility index (Phi) is 14.7. The molecule has 0 saturated heterocycles. The maximum Gasteiger partial charge on any atom is 0.500 e. The van der Waals surface area contributed by atoms with Gasteiger partial charge in [0.15, 0.2) is 0 Å². The molecule has 5 heteroatoms. The Balaban J connectivity index is 3.52. The zero-order valence-electron chi connectivity index (χ0n) is 15.7. The molecular formula is C17H39NO3Si. The van der Waals surface area contributed by atoms with Crippen molar-refractivity contribution in [2.24, 2.45) is 0 Å². The van der Waals surface area contributed by atoms with E-state index >= 15 is 0 Å². The van der Waals surface area contributed by atoms with Gasteiger partial charge in [-0.25, -0.2) is 0 Å². The first kappa shape index (κ1) is 22.1. The van der Waals surface area contributed by atoms with Gasteiger partial charge in [0.05, 0.1) is 0 Å². The first-order chi connectivity index (χ1) is 10.6. The first-order valence-electron chi connectivity index (χ1n) is 8.98. The summed E-state index contributed by atoms with van der Waals surface area (Å²) in [5.41, 5.74) is 0. The highest BCUT2D eigenvalue weighted by Crippen LogP contribution is 2.15. The van der Waals surface area contributed by atoms with Crippen molar-refractivity contribution >= 4 is 8.80 Å². The largest absolute Gasteiger partial charge is 0.500 e. The van der Waals surface area contributed by atoms with Gasteiger partial charge in [-0.1, -0.05) is 51.9 Å². The second kappa shape index (κ2) is 14.6. The Bertz CT molecular complexity index is 230. The molecule has 0 spiro atoms. The third-order valence-corrected chi connectivity index (χ3v) is 7.18. The molecule has 22 heavy (non-hydrogen) atoms. The smallest absolute Gasteiger partial charge is 0.377 e. The van der Waals surface area contributed by atoms with Crippen molar-refractivity contribution < 1.29 is 13.3 Å². The fourth-order valence-electron chi connectivity index (χ4n) is 2.75. The molecule has 0 unspecified atom stereocenters. The molecule has 0 aromatic carbocycles. The molecule has 0 atom stereocenters. The maximum atomic E-state index is 5.45. The van der Waals surface area contributed by atoms with Crippen LogP contribution in [0, 0.1) is 0 Å². The van der Waals surface area contributed by atoms with Gasteiger partial charge in [-0.05, 0) is 33.0 Å². The standard InChI is InChI=1S/C17H39NO3Si/c1-6-7-8-9-10-11-12-13-15-18(2)16-14-17-22(19-3,20-4)21-5/h6-17H2,1-5H3. The molecule has 0 aliphatic heterocycles. The van der Waals surface area contributed by atoms with Gasteiger partial charge in [-0.15, -0.1) is 0 Å². The Morgan fingerprint density at radius 1 is 0.682 bits per heavy atom. The van der Waals surface area contributed by atoms with E-state index in [1.165, 1.54) is 57.9 Å². The molecule has 134 valence electrons. The molecule has 0 bridgehead atoms. The van der Waals surface area contributed by atoms with E-state index < -0.39 is 8.80 Å². The van der Waals surface area contributed by atoms with Crippen molar-refractivity contribution in [2.75, 3.05) is 41.5 Å². The summed E-state index contributed by atoms with van der Waals surface area (Å²) >= 11 is 0. The first-order valence-corrected chi connectivity index (χ1v) is 10.9. The fourth-order valence-corrected chi connectivity index (χ4v) is 4.45. The summed E-state index contributed by atoms with van der Waals surface area (Å²) < 4.78 is 16.3. The summed E-state index contributed by atoms with van der Waals surface area (Å²) in [4.78, 5) is 2.41. The molecule has 0 aliphatic rings. The monoisotopic (exact) mass is 333 g/mol. The minimum atomic E-state index is -2.37. The fraction of sp³-hybridized carbons (Fsp3) is 1.00. The van der Waals surface area contributed by atoms with E-state index in [1.54, 1.807) is 21.3 Å². The third-order valence-electron chi connectivity index (χ3n) is 4.35. The van der Waals surface area contributed by atoms with E-state index in [4.69, 9.17) is 13.3 Å². The summed E-state index contributed by atoms with van der Waals surface area (Å²) in [5.74, 6) is 0. The second-order valence-corrected chi connectivity index (χ2v) is 9.27. The van der Waals surface area contributed by atoms with E-state index in [-0.39, 0.29) is 0 Å². The van der Waals surface area contributed by atoms with Crippen LogP contribution in [0.2, 0.25) is 6.04 Å². The highest BCUT2D eigenvalue weighted by molar-refractivity contribution is 6.60. The van der Waals surface area contributed by atoms with Gasteiger partial charge >= 0.3 is 8.80 Å². The molecular weight excluding hydrogens is 294 g/mol. The van der Waals surface area contributed by atoms with Crippen LogP contribution in [0.1, 0.15) is 64.7 Å². The molecule has 0 saturated carbocycles. The van der Waals surface area contributed by atoms with Crippen LogP contribution in [-0.4, -0.2) is 55.2 Å². The molecule has 0 aromatic heterocycles. The van der Waals surface area contributed by atoms with E-state index in [0.717, 1.165) is 19.0 Å². The van der Waals surface area contributed by atoms with Gasteiger partial charge < -0.3 is 18.2 Å². The highest BCUT2D eigenvalue weighted by Gasteiger charge is 2.36. The minimum absolute atomic E-state index is 0.887. The molecule has 0 fully saturated rings. The van der Waals surface area contributed by atoms with Gasteiger partial charge in [-0.2, -0.15) is 0 Å². The van der Waals surface area contributed by atoms with E-state index in [2.05, 4.69) is 18.9 Å². The van der Waals surface area contributed by atoms with Crippen molar-refractivity contribution in [3.8, 4) is 0 Å². The number of unbranched alkanes of at least 4 members (excludes halogenated alkanes) is 7. The lowest BCUT2D eigenvalue weighted by molar-refractivity contribution is 0.122. The summed E-state index contributed by atoms with van der Waals surface area (Å²) in [6.45, 7) is 4.55. The number of rotatable bonds is 16. The Morgan fingerprint density at radius 3 is 1.64 bits per heavy atom. The molecule has 0 radical (unpaired) electrons. The highest BCUT2D eigenvalue weighted by atomic mass is 28.4.